The zero-order valence-electron chi connectivity index (χ0n) is 39.3. The quantitative estimate of drug-likeness (QED) is 0.198. The van der Waals surface area contributed by atoms with Gasteiger partial charge in [-0.05, 0) is 82.6 Å². The predicted molar refractivity (Wildman–Crippen MR) is 238 cm³/mol. The van der Waals surface area contributed by atoms with Gasteiger partial charge in [-0.2, -0.15) is 0 Å². The maximum atomic E-state index is 14.4. The van der Waals surface area contributed by atoms with E-state index in [1.165, 1.54) is 28.7 Å². The SMILES string of the molecule is C#CCCC[C@@H]1OC(=O)[C@H](Cc2ccccc2)NC(=O)[C@H](C(C)C)NC(=O)[C@@H]2CCCN2C(=O)[C@@H]2CCCN2C(=O)[C@H](C)OC(=O)[C@@H](C(C)C)N(C)C(=O)C(C(C)C)NC(=O)C1(C)C. The van der Waals surface area contributed by atoms with E-state index in [0.717, 1.165) is 0 Å². The van der Waals surface area contributed by atoms with Crippen molar-refractivity contribution in [1.29, 1.82) is 0 Å². The molecule has 3 aliphatic rings. The van der Waals surface area contributed by atoms with Crippen LogP contribution in [0.25, 0.3) is 0 Å². The Labute approximate surface area is 378 Å². The van der Waals surface area contributed by atoms with Crippen molar-refractivity contribution in [3.05, 3.63) is 35.9 Å². The number of nitrogens with one attached hydrogen (secondary N) is 3. The van der Waals surface area contributed by atoms with Crippen molar-refractivity contribution in [3.8, 4) is 12.3 Å². The van der Waals surface area contributed by atoms with Crippen LogP contribution in [0.15, 0.2) is 30.3 Å². The fraction of sp³-hybridized carbons (Fsp3) is 0.667. The van der Waals surface area contributed by atoms with Crippen molar-refractivity contribution in [2.24, 2.45) is 23.2 Å². The number of likely N-dealkylation sites (N-methyl/N-ethyl adjacent to an activating group) is 1. The summed E-state index contributed by atoms with van der Waals surface area (Å²) in [5, 5.41) is 8.56. The first-order valence-corrected chi connectivity index (χ1v) is 22.8. The van der Waals surface area contributed by atoms with Crippen LogP contribution in [0.5, 0.6) is 0 Å². The Bertz CT molecular complexity index is 1910. The third-order valence-corrected chi connectivity index (χ3v) is 12.7. The van der Waals surface area contributed by atoms with Gasteiger partial charge in [0.15, 0.2) is 6.10 Å². The molecule has 3 saturated heterocycles. The molecule has 3 heterocycles. The van der Waals surface area contributed by atoms with Crippen molar-refractivity contribution >= 4 is 47.4 Å². The molecule has 1 aromatic rings. The molecule has 0 radical (unpaired) electrons. The standard InChI is InChI=1S/C48H70N6O10/c1-12-13-15-24-36-48(9,10)47(62)51-38(29(4)5)44(59)52(11)39(30(6)7)46(61)63-31(8)42(57)54-26-19-23-35(54)43(58)53-25-18-22-34(53)40(55)50-37(28(2)3)41(56)49-33(45(60)64-36)27-32-20-16-14-17-21-32/h1,14,16-17,20-21,28-31,33-39H,13,15,18-19,22-27H2,2-11H3,(H,49,56)(H,50,55)(H,51,62)/t31-,33-,34-,35-,36-,37-,38?,39+/m0/s1. The van der Waals surface area contributed by atoms with Gasteiger partial charge in [0.2, 0.25) is 29.5 Å². The van der Waals surface area contributed by atoms with Gasteiger partial charge in [-0.3, -0.25) is 28.8 Å². The highest BCUT2D eigenvalue weighted by Gasteiger charge is 2.47. The van der Waals surface area contributed by atoms with Crippen LogP contribution >= 0.6 is 0 Å². The van der Waals surface area contributed by atoms with Crippen molar-refractivity contribution in [1.82, 2.24) is 30.7 Å². The molecule has 352 valence electrons. The van der Waals surface area contributed by atoms with Gasteiger partial charge in [0.05, 0.1) is 5.41 Å². The molecule has 1 aromatic carbocycles. The average Bonchev–Trinajstić information content (AvgIpc) is 3.94. The molecule has 3 aliphatic heterocycles. The Morgan fingerprint density at radius 1 is 0.734 bits per heavy atom. The van der Waals surface area contributed by atoms with E-state index in [-0.39, 0.29) is 25.9 Å². The molecule has 16 heteroatoms. The zero-order valence-corrected chi connectivity index (χ0v) is 39.3. The number of amides is 6. The summed E-state index contributed by atoms with van der Waals surface area (Å²) in [7, 11) is 1.44. The number of carbonyl (C=O) groups excluding carboxylic acids is 8. The topological polar surface area (TPSA) is 201 Å². The van der Waals surface area contributed by atoms with Gasteiger partial charge in [0, 0.05) is 33.0 Å². The van der Waals surface area contributed by atoms with Crippen molar-refractivity contribution in [2.45, 2.75) is 162 Å². The van der Waals surface area contributed by atoms with Crippen molar-refractivity contribution < 1.29 is 47.8 Å². The molecule has 0 bridgehead atoms. The molecule has 3 N–H and O–H groups in total. The number of rotatable bonds is 8. The van der Waals surface area contributed by atoms with Crippen LogP contribution in [0, 0.1) is 35.5 Å². The minimum Gasteiger partial charge on any atom is -0.460 e. The van der Waals surface area contributed by atoms with E-state index in [1.54, 1.807) is 79.7 Å². The lowest BCUT2D eigenvalue weighted by Gasteiger charge is -2.37. The highest BCUT2D eigenvalue weighted by Crippen LogP contribution is 2.31. The van der Waals surface area contributed by atoms with Gasteiger partial charge < -0.3 is 40.1 Å². The Hall–Kier alpha value is -5.46. The molecule has 16 nitrogen and oxygen atoms in total. The van der Waals surface area contributed by atoms with Crippen LogP contribution in [-0.4, -0.2) is 131 Å². The van der Waals surface area contributed by atoms with Gasteiger partial charge in [0.1, 0.15) is 42.4 Å². The van der Waals surface area contributed by atoms with Gasteiger partial charge in [-0.25, -0.2) is 9.59 Å². The Kier molecular flexibility index (Phi) is 17.9. The van der Waals surface area contributed by atoms with Crippen LogP contribution < -0.4 is 16.0 Å². The Balaban J connectivity index is 1.81. The van der Waals surface area contributed by atoms with Crippen LogP contribution in [0.3, 0.4) is 0 Å². The summed E-state index contributed by atoms with van der Waals surface area (Å²) in [4.78, 5) is 118. The van der Waals surface area contributed by atoms with E-state index in [9.17, 15) is 38.4 Å². The summed E-state index contributed by atoms with van der Waals surface area (Å²) in [6, 6.07) is 2.47. The summed E-state index contributed by atoms with van der Waals surface area (Å²) in [6.45, 7) is 15.6. The number of unbranched alkanes of at least 4 members (excludes halogenated alkanes) is 1. The highest BCUT2D eigenvalue weighted by molar-refractivity contribution is 5.97. The number of esters is 2. The predicted octanol–water partition coefficient (Wildman–Crippen LogP) is 3.15. The third-order valence-electron chi connectivity index (χ3n) is 12.7. The molecule has 1 unspecified atom stereocenters. The molecule has 6 amide bonds. The van der Waals surface area contributed by atoms with E-state index in [4.69, 9.17) is 15.9 Å². The first-order chi connectivity index (χ1) is 30.1. The molecule has 0 saturated carbocycles. The van der Waals surface area contributed by atoms with Crippen LogP contribution in [-0.2, 0) is 54.3 Å². The number of nitrogens with zero attached hydrogens (tertiary/aromatic N) is 3. The normalized spacial score (nSPS) is 28.4. The van der Waals surface area contributed by atoms with E-state index in [0.29, 0.717) is 44.1 Å². The van der Waals surface area contributed by atoms with Crippen LogP contribution in [0.1, 0.15) is 113 Å². The zero-order chi connectivity index (χ0) is 47.6. The fourth-order valence-corrected chi connectivity index (χ4v) is 8.80. The lowest BCUT2D eigenvalue weighted by Crippen LogP contribution is -2.59. The van der Waals surface area contributed by atoms with Gasteiger partial charge in [-0.15, -0.1) is 12.3 Å². The van der Waals surface area contributed by atoms with E-state index < -0.39 is 119 Å². The van der Waals surface area contributed by atoms with E-state index in [1.807, 2.05) is 6.07 Å². The second-order valence-electron chi connectivity index (χ2n) is 19.0. The number of carbonyl (C=O) groups is 8. The maximum absolute atomic E-state index is 14.4. The van der Waals surface area contributed by atoms with E-state index >= 15 is 0 Å². The van der Waals surface area contributed by atoms with Gasteiger partial charge in [0.25, 0.3) is 5.91 Å². The molecule has 3 fully saturated rings. The largest absolute Gasteiger partial charge is 0.460 e. The number of hydrogen-bond acceptors (Lipinski definition) is 10. The first kappa shape index (κ1) is 51.2. The van der Waals surface area contributed by atoms with Crippen LogP contribution in [0.4, 0.5) is 0 Å². The Morgan fingerprint density at radius 3 is 1.91 bits per heavy atom. The molecular formula is C48H70N6O10. The molecule has 0 spiro atoms. The van der Waals surface area contributed by atoms with Crippen molar-refractivity contribution in [3.63, 3.8) is 0 Å². The van der Waals surface area contributed by atoms with Crippen molar-refractivity contribution in [2.75, 3.05) is 20.1 Å². The minimum atomic E-state index is -1.46. The number of hydrogen-bond donors (Lipinski definition) is 3. The maximum Gasteiger partial charge on any atom is 0.329 e. The second-order valence-corrected chi connectivity index (χ2v) is 19.0. The summed E-state index contributed by atoms with van der Waals surface area (Å²) in [5.74, 6) is -3.89. The number of fused-ring (bicyclic) bond motifs is 2. The minimum absolute atomic E-state index is 0.0176. The fourth-order valence-electron chi connectivity index (χ4n) is 8.80. The number of benzene rings is 1. The average molecular weight is 891 g/mol. The van der Waals surface area contributed by atoms with Gasteiger partial charge >= 0.3 is 11.9 Å². The molecule has 4 rings (SSSR count). The first-order valence-electron chi connectivity index (χ1n) is 22.8. The van der Waals surface area contributed by atoms with Gasteiger partial charge in [-0.1, -0.05) is 71.9 Å². The summed E-state index contributed by atoms with van der Waals surface area (Å²) >= 11 is 0. The van der Waals surface area contributed by atoms with E-state index in [2.05, 4.69) is 21.9 Å². The molecule has 0 aliphatic carbocycles. The molecule has 0 aromatic heterocycles. The Morgan fingerprint density at radius 2 is 1.33 bits per heavy atom. The monoisotopic (exact) mass is 891 g/mol. The summed E-state index contributed by atoms with van der Waals surface area (Å²) in [6.07, 6.45) is 5.76. The lowest BCUT2D eigenvalue weighted by atomic mass is 9.82. The smallest absolute Gasteiger partial charge is 0.329 e. The summed E-state index contributed by atoms with van der Waals surface area (Å²) in [5.41, 5.74) is -0.748. The molecular weight excluding hydrogens is 821 g/mol. The molecule has 8 atom stereocenters. The number of terminal acetylenes is 1. The lowest BCUT2D eigenvalue weighted by molar-refractivity contribution is -0.168. The summed E-state index contributed by atoms with van der Waals surface area (Å²) < 4.78 is 12.0. The second kappa shape index (κ2) is 22.4. The number of cyclic esters (lactones) is 2. The highest BCUT2D eigenvalue weighted by atomic mass is 16.6. The molecule has 64 heavy (non-hydrogen) atoms. The third kappa shape index (κ3) is 12.2. The van der Waals surface area contributed by atoms with Crippen LogP contribution in [0.2, 0.25) is 0 Å². The number of ether oxygens (including phenoxy) is 2.